The minimum atomic E-state index is -0.493. The van der Waals surface area contributed by atoms with Crippen molar-refractivity contribution >= 4 is 5.91 Å². The van der Waals surface area contributed by atoms with Crippen molar-refractivity contribution in [3.8, 4) is 5.75 Å². The highest BCUT2D eigenvalue weighted by atomic mass is 16.6. The van der Waals surface area contributed by atoms with Gasteiger partial charge in [0.05, 0.1) is 12.6 Å². The van der Waals surface area contributed by atoms with Gasteiger partial charge >= 0.3 is 0 Å². The fourth-order valence-electron chi connectivity index (χ4n) is 1.68. The van der Waals surface area contributed by atoms with Crippen molar-refractivity contribution in [2.75, 3.05) is 13.2 Å². The number of carbonyl (C=O) groups is 1. The lowest BCUT2D eigenvalue weighted by Crippen LogP contribution is -2.30. The van der Waals surface area contributed by atoms with Gasteiger partial charge in [-0.05, 0) is 6.07 Å². The molecule has 16 heavy (non-hydrogen) atoms. The fraction of sp³-hybridized carbons (Fsp3) is 0.364. The van der Waals surface area contributed by atoms with E-state index in [0.29, 0.717) is 6.61 Å². The van der Waals surface area contributed by atoms with E-state index in [4.69, 9.17) is 15.3 Å². The van der Waals surface area contributed by atoms with E-state index < -0.39 is 5.91 Å². The van der Waals surface area contributed by atoms with Crippen LogP contribution in [-0.4, -0.2) is 19.1 Å². The maximum Gasteiger partial charge on any atom is 0.245 e. The average Bonchev–Trinajstić information content (AvgIpc) is 2.29. The number of hydrogen-bond donors (Lipinski definition) is 2. The van der Waals surface area contributed by atoms with Crippen LogP contribution in [0.15, 0.2) is 24.3 Å². The van der Waals surface area contributed by atoms with E-state index in [9.17, 15) is 4.79 Å². The quantitative estimate of drug-likeness (QED) is 0.728. The Morgan fingerprint density at radius 3 is 3.19 bits per heavy atom. The van der Waals surface area contributed by atoms with Crippen molar-refractivity contribution in [1.29, 1.82) is 0 Å². The van der Waals surface area contributed by atoms with Crippen molar-refractivity contribution in [3.05, 3.63) is 29.8 Å². The molecule has 1 atom stereocenters. The number of hydroxylamine groups is 1. The van der Waals surface area contributed by atoms with Gasteiger partial charge in [-0.2, -0.15) is 5.48 Å². The predicted octanol–water partition coefficient (Wildman–Crippen LogP) is 0.517. The molecule has 1 unspecified atom stereocenters. The Balaban J connectivity index is 1.99. The van der Waals surface area contributed by atoms with Gasteiger partial charge in [0, 0.05) is 12.0 Å². The number of carbonyl (C=O) groups excluding carboxylic acids is 1. The molecule has 5 nitrogen and oxygen atoms in total. The molecular formula is C11H14N2O3. The van der Waals surface area contributed by atoms with Gasteiger partial charge in [0.25, 0.3) is 0 Å². The molecule has 0 saturated heterocycles. The lowest BCUT2D eigenvalue weighted by Gasteiger charge is -2.25. The van der Waals surface area contributed by atoms with Gasteiger partial charge in [-0.25, -0.2) is 0 Å². The third-order valence-electron chi connectivity index (χ3n) is 2.40. The van der Waals surface area contributed by atoms with Crippen molar-refractivity contribution in [3.63, 3.8) is 0 Å². The molecule has 2 rings (SSSR count). The lowest BCUT2D eigenvalue weighted by molar-refractivity contribution is -0.126. The predicted molar refractivity (Wildman–Crippen MR) is 57.6 cm³/mol. The van der Waals surface area contributed by atoms with Gasteiger partial charge in [0.1, 0.15) is 12.4 Å². The molecule has 3 N–H and O–H groups in total. The smallest absolute Gasteiger partial charge is 0.245 e. The molecule has 86 valence electrons. The summed E-state index contributed by atoms with van der Waals surface area (Å²) in [5, 5.41) is 0. The van der Waals surface area contributed by atoms with E-state index in [2.05, 4.69) is 5.48 Å². The van der Waals surface area contributed by atoms with Crippen LogP contribution in [-0.2, 0) is 9.63 Å². The van der Waals surface area contributed by atoms with E-state index >= 15 is 0 Å². The van der Waals surface area contributed by atoms with Crippen LogP contribution in [0.25, 0.3) is 0 Å². The van der Waals surface area contributed by atoms with Gasteiger partial charge in [-0.1, -0.05) is 18.2 Å². The van der Waals surface area contributed by atoms with Crippen LogP contribution in [0.4, 0.5) is 0 Å². The molecule has 1 aromatic carbocycles. The summed E-state index contributed by atoms with van der Waals surface area (Å²) in [6, 6.07) is 7.79. The first-order valence-electron chi connectivity index (χ1n) is 5.14. The number of amides is 1. The van der Waals surface area contributed by atoms with E-state index in [1.165, 1.54) is 0 Å². The molecule has 1 amide bonds. The van der Waals surface area contributed by atoms with E-state index in [1.54, 1.807) is 0 Å². The summed E-state index contributed by atoms with van der Waals surface area (Å²) in [6.07, 6.45) is 0.801. The summed E-state index contributed by atoms with van der Waals surface area (Å²) < 4.78 is 5.49. The minimum absolute atomic E-state index is 0.0456. The van der Waals surface area contributed by atoms with Gasteiger partial charge in [0.2, 0.25) is 5.91 Å². The second-order valence-corrected chi connectivity index (χ2v) is 3.60. The van der Waals surface area contributed by atoms with Gasteiger partial charge in [-0.3, -0.25) is 9.63 Å². The SMILES string of the molecule is NC(=O)CONC1CCOc2ccccc21. The van der Waals surface area contributed by atoms with Crippen LogP contribution in [0, 0.1) is 0 Å². The monoisotopic (exact) mass is 222 g/mol. The topological polar surface area (TPSA) is 73.6 Å². The van der Waals surface area contributed by atoms with Crippen LogP contribution < -0.4 is 16.0 Å². The Kier molecular flexibility index (Phi) is 3.38. The lowest BCUT2D eigenvalue weighted by atomic mass is 10.0. The molecule has 0 spiro atoms. The number of fused-ring (bicyclic) bond motifs is 1. The van der Waals surface area contributed by atoms with Crippen molar-refractivity contribution in [1.82, 2.24) is 5.48 Å². The molecule has 1 aromatic rings. The first kappa shape index (κ1) is 10.9. The summed E-state index contributed by atoms with van der Waals surface area (Å²) in [5.41, 5.74) is 8.84. The summed E-state index contributed by atoms with van der Waals surface area (Å²) in [5.74, 6) is 0.363. The standard InChI is InChI=1S/C11H14N2O3/c12-11(14)7-16-13-9-5-6-15-10-4-2-1-3-8(9)10/h1-4,9,13H,5-7H2,(H2,12,14). The highest BCUT2D eigenvalue weighted by molar-refractivity contribution is 5.74. The number of rotatable bonds is 4. The van der Waals surface area contributed by atoms with Crippen molar-refractivity contribution in [2.45, 2.75) is 12.5 Å². The normalized spacial score (nSPS) is 18.6. The highest BCUT2D eigenvalue weighted by Crippen LogP contribution is 2.31. The first-order chi connectivity index (χ1) is 7.77. The van der Waals surface area contributed by atoms with Crippen LogP contribution in [0.5, 0.6) is 5.75 Å². The Labute approximate surface area is 93.5 Å². The first-order valence-corrected chi connectivity index (χ1v) is 5.14. The van der Waals surface area contributed by atoms with Gasteiger partial charge in [0.15, 0.2) is 0 Å². The molecule has 1 aliphatic heterocycles. The van der Waals surface area contributed by atoms with Crippen LogP contribution in [0.2, 0.25) is 0 Å². The zero-order valence-electron chi connectivity index (χ0n) is 8.81. The maximum atomic E-state index is 10.5. The van der Waals surface area contributed by atoms with E-state index in [0.717, 1.165) is 17.7 Å². The Hall–Kier alpha value is -1.59. The minimum Gasteiger partial charge on any atom is -0.493 e. The third kappa shape index (κ3) is 2.50. The number of ether oxygens (including phenoxy) is 1. The molecule has 0 fully saturated rings. The Morgan fingerprint density at radius 1 is 1.56 bits per heavy atom. The molecule has 5 heteroatoms. The number of benzene rings is 1. The van der Waals surface area contributed by atoms with Crippen molar-refractivity contribution < 1.29 is 14.4 Å². The number of nitrogens with one attached hydrogen (secondary N) is 1. The molecular weight excluding hydrogens is 208 g/mol. The van der Waals surface area contributed by atoms with E-state index in [1.807, 2.05) is 24.3 Å². The Morgan fingerprint density at radius 2 is 2.38 bits per heavy atom. The molecule has 0 aliphatic carbocycles. The molecule has 0 aromatic heterocycles. The average molecular weight is 222 g/mol. The second-order valence-electron chi connectivity index (χ2n) is 3.60. The molecule has 1 heterocycles. The van der Waals surface area contributed by atoms with Crippen LogP contribution in [0.1, 0.15) is 18.0 Å². The van der Waals surface area contributed by atoms with Crippen LogP contribution >= 0.6 is 0 Å². The van der Waals surface area contributed by atoms with Crippen molar-refractivity contribution in [2.24, 2.45) is 5.73 Å². The summed E-state index contributed by atoms with van der Waals surface area (Å²) in [7, 11) is 0. The van der Waals surface area contributed by atoms with Gasteiger partial charge in [-0.15, -0.1) is 0 Å². The zero-order chi connectivity index (χ0) is 11.4. The maximum absolute atomic E-state index is 10.5. The number of hydrogen-bond acceptors (Lipinski definition) is 4. The summed E-state index contributed by atoms with van der Waals surface area (Å²) in [6.45, 7) is 0.508. The molecule has 1 aliphatic rings. The highest BCUT2D eigenvalue weighted by Gasteiger charge is 2.20. The Bertz CT molecular complexity index is 381. The molecule has 0 bridgehead atoms. The van der Waals surface area contributed by atoms with Gasteiger partial charge < -0.3 is 10.5 Å². The molecule has 0 saturated carbocycles. The second kappa shape index (κ2) is 4.96. The summed E-state index contributed by atoms with van der Waals surface area (Å²) >= 11 is 0. The van der Waals surface area contributed by atoms with Crippen LogP contribution in [0.3, 0.4) is 0 Å². The van der Waals surface area contributed by atoms with E-state index in [-0.39, 0.29) is 12.6 Å². The number of primary amides is 1. The fourth-order valence-corrected chi connectivity index (χ4v) is 1.68. The largest absolute Gasteiger partial charge is 0.493 e. The third-order valence-corrected chi connectivity index (χ3v) is 2.40. The molecule has 0 radical (unpaired) electrons. The summed E-state index contributed by atoms with van der Waals surface area (Å²) in [4.78, 5) is 15.5. The zero-order valence-corrected chi connectivity index (χ0v) is 8.81. The number of para-hydroxylation sites is 1. The number of nitrogens with two attached hydrogens (primary N) is 1.